The van der Waals surface area contributed by atoms with Gasteiger partial charge in [0.05, 0.1) is 0 Å². The highest BCUT2D eigenvalue weighted by molar-refractivity contribution is 5.81. The molecule has 0 N–H and O–H groups in total. The Balaban J connectivity index is 2.28. The van der Waals surface area contributed by atoms with Crippen molar-refractivity contribution in [3.05, 3.63) is 58.1 Å². The van der Waals surface area contributed by atoms with E-state index in [9.17, 15) is 4.79 Å². The summed E-state index contributed by atoms with van der Waals surface area (Å²) in [5, 5.41) is 0.893. The highest BCUT2D eigenvalue weighted by atomic mass is 16.4. The first-order valence-corrected chi connectivity index (χ1v) is 5.75. The summed E-state index contributed by atoms with van der Waals surface area (Å²) in [7, 11) is 0. The van der Waals surface area contributed by atoms with Crippen molar-refractivity contribution >= 4 is 11.0 Å². The molecule has 0 saturated heterocycles. The van der Waals surface area contributed by atoms with Crippen LogP contribution in [0.2, 0.25) is 0 Å². The normalized spacial score (nSPS) is 11.0. The topological polar surface area (TPSA) is 43.4 Å². The van der Waals surface area contributed by atoms with Crippen molar-refractivity contribution in [2.75, 3.05) is 0 Å². The van der Waals surface area contributed by atoms with E-state index in [1.165, 1.54) is 0 Å². The molecule has 0 saturated carbocycles. The van der Waals surface area contributed by atoms with Gasteiger partial charge in [0.15, 0.2) is 0 Å². The average Bonchev–Trinajstić information content (AvgIpc) is 2.74. The minimum atomic E-state index is -0.373. The lowest BCUT2D eigenvalue weighted by Gasteiger charge is -2.00. The average molecular weight is 240 g/mol. The molecule has 0 spiro atoms. The maximum absolute atomic E-state index is 11.9. The van der Waals surface area contributed by atoms with Crippen molar-refractivity contribution in [3.63, 3.8) is 0 Å². The summed E-state index contributed by atoms with van der Waals surface area (Å²) in [5.41, 5.74) is 1.75. The molecule has 18 heavy (non-hydrogen) atoms. The van der Waals surface area contributed by atoms with Crippen LogP contribution in [0.15, 0.2) is 50.0 Å². The van der Waals surface area contributed by atoms with E-state index >= 15 is 0 Å². The van der Waals surface area contributed by atoms with Crippen LogP contribution in [0.1, 0.15) is 11.3 Å². The van der Waals surface area contributed by atoms with Gasteiger partial charge in [0.2, 0.25) is 0 Å². The Labute approximate surface area is 104 Å². The second-order valence-electron chi connectivity index (χ2n) is 4.40. The molecule has 0 amide bonds. The lowest BCUT2D eigenvalue weighted by molar-refractivity contribution is 0.532. The van der Waals surface area contributed by atoms with E-state index in [2.05, 4.69) is 0 Å². The third kappa shape index (κ3) is 1.74. The Bertz CT molecular complexity index is 778. The summed E-state index contributed by atoms with van der Waals surface area (Å²) in [5.74, 6) is 1.32. The van der Waals surface area contributed by atoms with Gasteiger partial charge in [0.1, 0.15) is 22.7 Å². The molecule has 0 unspecified atom stereocenters. The highest BCUT2D eigenvalue weighted by Gasteiger charge is 2.10. The summed E-state index contributed by atoms with van der Waals surface area (Å²) in [6.45, 7) is 3.80. The largest absolute Gasteiger partial charge is 0.461 e. The fraction of sp³-hybridized carbons (Fsp3) is 0.133. The Kier molecular flexibility index (Phi) is 2.33. The Morgan fingerprint density at radius 1 is 0.944 bits per heavy atom. The molecule has 3 aromatic rings. The van der Waals surface area contributed by atoms with Gasteiger partial charge in [-0.1, -0.05) is 12.1 Å². The highest BCUT2D eigenvalue weighted by Crippen LogP contribution is 2.23. The standard InChI is InChI=1S/C15H12O3/c1-9-3-5-11-8-12(13-6-4-10(2)17-13)15(16)18-14(11)7-9/h3-8H,1-2H3. The maximum Gasteiger partial charge on any atom is 0.347 e. The fourth-order valence-electron chi connectivity index (χ4n) is 1.97. The van der Waals surface area contributed by atoms with Gasteiger partial charge in [0, 0.05) is 5.39 Å². The van der Waals surface area contributed by atoms with Crippen molar-refractivity contribution < 1.29 is 8.83 Å². The molecule has 0 aliphatic rings. The van der Waals surface area contributed by atoms with Crippen molar-refractivity contribution in [2.24, 2.45) is 0 Å². The number of aryl methyl sites for hydroxylation is 2. The number of fused-ring (bicyclic) bond motifs is 1. The van der Waals surface area contributed by atoms with Crippen LogP contribution in [0, 0.1) is 13.8 Å². The zero-order chi connectivity index (χ0) is 12.7. The SMILES string of the molecule is Cc1ccc2cc(-c3ccc(C)o3)c(=O)oc2c1. The predicted molar refractivity (Wildman–Crippen MR) is 69.7 cm³/mol. The van der Waals surface area contributed by atoms with Crippen LogP contribution in [-0.2, 0) is 0 Å². The molecule has 0 radical (unpaired) electrons. The molecule has 3 heteroatoms. The van der Waals surface area contributed by atoms with Crippen molar-refractivity contribution in [3.8, 4) is 11.3 Å². The third-order valence-corrected chi connectivity index (χ3v) is 2.90. The first kappa shape index (κ1) is 10.8. The molecule has 0 bridgehead atoms. The number of hydrogen-bond acceptors (Lipinski definition) is 3. The fourth-order valence-corrected chi connectivity index (χ4v) is 1.97. The number of hydrogen-bond donors (Lipinski definition) is 0. The van der Waals surface area contributed by atoms with Gasteiger partial charge in [-0.05, 0) is 43.7 Å². The molecule has 2 heterocycles. The van der Waals surface area contributed by atoms with Crippen LogP contribution in [-0.4, -0.2) is 0 Å². The summed E-state index contributed by atoms with van der Waals surface area (Å²) >= 11 is 0. The zero-order valence-electron chi connectivity index (χ0n) is 10.2. The van der Waals surface area contributed by atoms with E-state index in [0.717, 1.165) is 16.7 Å². The van der Waals surface area contributed by atoms with Crippen molar-refractivity contribution in [1.82, 2.24) is 0 Å². The zero-order valence-corrected chi connectivity index (χ0v) is 10.2. The predicted octanol–water partition coefficient (Wildman–Crippen LogP) is 3.67. The summed E-state index contributed by atoms with van der Waals surface area (Å²) < 4.78 is 10.8. The summed E-state index contributed by atoms with van der Waals surface area (Å²) in [6, 6.07) is 11.2. The van der Waals surface area contributed by atoms with Crippen molar-refractivity contribution in [2.45, 2.75) is 13.8 Å². The first-order valence-electron chi connectivity index (χ1n) is 5.75. The van der Waals surface area contributed by atoms with Crippen LogP contribution in [0.4, 0.5) is 0 Å². The van der Waals surface area contributed by atoms with Gasteiger partial charge in [-0.3, -0.25) is 0 Å². The van der Waals surface area contributed by atoms with Gasteiger partial charge in [-0.25, -0.2) is 4.79 Å². The van der Waals surface area contributed by atoms with E-state index in [0.29, 0.717) is 16.9 Å². The molecular weight excluding hydrogens is 228 g/mol. The van der Waals surface area contributed by atoms with Crippen LogP contribution >= 0.6 is 0 Å². The molecule has 0 atom stereocenters. The van der Waals surface area contributed by atoms with E-state index in [4.69, 9.17) is 8.83 Å². The van der Waals surface area contributed by atoms with Gasteiger partial charge in [-0.15, -0.1) is 0 Å². The first-order chi connectivity index (χ1) is 8.63. The molecule has 0 aliphatic carbocycles. The smallest absolute Gasteiger partial charge is 0.347 e. The van der Waals surface area contributed by atoms with Crippen LogP contribution in [0.3, 0.4) is 0 Å². The monoisotopic (exact) mass is 240 g/mol. The van der Waals surface area contributed by atoms with Gasteiger partial charge < -0.3 is 8.83 Å². The number of benzene rings is 1. The quantitative estimate of drug-likeness (QED) is 0.609. The lowest BCUT2D eigenvalue weighted by Crippen LogP contribution is -2.01. The van der Waals surface area contributed by atoms with Gasteiger partial charge in [-0.2, -0.15) is 0 Å². The molecule has 3 rings (SSSR count). The Morgan fingerprint density at radius 3 is 2.50 bits per heavy atom. The minimum Gasteiger partial charge on any atom is -0.461 e. The van der Waals surface area contributed by atoms with Crippen LogP contribution in [0.25, 0.3) is 22.3 Å². The van der Waals surface area contributed by atoms with E-state index in [1.807, 2.05) is 38.1 Å². The van der Waals surface area contributed by atoms with Gasteiger partial charge >= 0.3 is 5.63 Å². The van der Waals surface area contributed by atoms with Crippen LogP contribution in [0.5, 0.6) is 0 Å². The molecule has 0 fully saturated rings. The molecule has 0 aliphatic heterocycles. The Hall–Kier alpha value is -2.29. The number of furan rings is 1. The van der Waals surface area contributed by atoms with E-state index < -0.39 is 0 Å². The third-order valence-electron chi connectivity index (χ3n) is 2.90. The molecule has 2 aromatic heterocycles. The summed E-state index contributed by atoms with van der Waals surface area (Å²) in [6.07, 6.45) is 0. The summed E-state index contributed by atoms with van der Waals surface area (Å²) in [4.78, 5) is 11.9. The van der Waals surface area contributed by atoms with E-state index in [1.54, 1.807) is 12.1 Å². The molecule has 1 aromatic carbocycles. The minimum absolute atomic E-state index is 0.373. The second kappa shape index (κ2) is 3.88. The molecule has 3 nitrogen and oxygen atoms in total. The maximum atomic E-state index is 11.9. The van der Waals surface area contributed by atoms with E-state index in [-0.39, 0.29) is 5.63 Å². The van der Waals surface area contributed by atoms with Crippen molar-refractivity contribution in [1.29, 1.82) is 0 Å². The molecular formula is C15H12O3. The molecule has 90 valence electrons. The lowest BCUT2D eigenvalue weighted by atomic mass is 10.1. The number of rotatable bonds is 1. The second-order valence-corrected chi connectivity index (χ2v) is 4.40. The van der Waals surface area contributed by atoms with Gasteiger partial charge in [0.25, 0.3) is 0 Å². The Morgan fingerprint density at radius 2 is 1.78 bits per heavy atom. The van der Waals surface area contributed by atoms with Crippen LogP contribution < -0.4 is 5.63 Å².